The van der Waals surface area contributed by atoms with Gasteiger partial charge in [-0.1, -0.05) is 0 Å². The lowest BCUT2D eigenvalue weighted by Crippen LogP contribution is -2.70. The van der Waals surface area contributed by atoms with Crippen molar-refractivity contribution in [1.29, 1.82) is 0 Å². The predicted molar refractivity (Wildman–Crippen MR) is 41.7 cm³/mol. The lowest BCUT2D eigenvalue weighted by molar-refractivity contribution is -0.0110. The zero-order valence-electron chi connectivity index (χ0n) is 6.50. The Balaban J connectivity index is 1.93. The number of rotatable bonds is 1. The molecule has 0 unspecified atom stereocenters. The van der Waals surface area contributed by atoms with Crippen LogP contribution in [-0.4, -0.2) is 45.1 Å². The van der Waals surface area contributed by atoms with Crippen LogP contribution < -0.4 is 5.43 Å². The van der Waals surface area contributed by atoms with Crippen LogP contribution in [0, 0.1) is 5.41 Å². The molecule has 0 atom stereocenters. The average Bonchev–Trinajstić information content (AvgIpc) is 1.75. The molecular formula is C6H12N2O2S. The Labute approximate surface area is 66.5 Å². The molecule has 1 N–H and O–H groups in total. The molecule has 4 nitrogen and oxygen atoms in total. The Kier molecular flexibility index (Phi) is 1.34. The molecule has 1 spiro atoms. The van der Waals surface area contributed by atoms with Crippen LogP contribution in [-0.2, 0) is 9.84 Å². The Morgan fingerprint density at radius 3 is 2.27 bits per heavy atom. The van der Waals surface area contributed by atoms with Gasteiger partial charge < -0.3 is 0 Å². The summed E-state index contributed by atoms with van der Waals surface area (Å²) in [5.74, 6) is 0.802. The first kappa shape index (κ1) is 7.52. The Morgan fingerprint density at radius 1 is 1.36 bits per heavy atom. The van der Waals surface area contributed by atoms with Crippen molar-refractivity contribution in [2.45, 2.75) is 0 Å². The van der Waals surface area contributed by atoms with Gasteiger partial charge in [0.2, 0.25) is 0 Å². The summed E-state index contributed by atoms with van der Waals surface area (Å²) in [4.78, 5) is 0. The topological polar surface area (TPSA) is 49.4 Å². The summed E-state index contributed by atoms with van der Waals surface area (Å²) < 4.78 is 21.7. The summed E-state index contributed by atoms with van der Waals surface area (Å²) >= 11 is 0. The van der Waals surface area contributed by atoms with Crippen LogP contribution in [0.15, 0.2) is 0 Å². The Bertz CT molecular complexity index is 252. The molecule has 0 amide bonds. The summed E-state index contributed by atoms with van der Waals surface area (Å²) in [6.45, 7) is 1.78. The van der Waals surface area contributed by atoms with E-state index in [2.05, 4.69) is 5.43 Å². The number of nitrogens with zero attached hydrogens (tertiary/aromatic N) is 1. The smallest absolute Gasteiger partial charge is 0.151 e. The normalized spacial score (nSPS) is 32.8. The molecule has 0 saturated carbocycles. The van der Waals surface area contributed by atoms with E-state index in [9.17, 15) is 8.42 Å². The molecular weight excluding hydrogens is 164 g/mol. The lowest BCUT2D eigenvalue weighted by Gasteiger charge is -2.54. The molecule has 64 valence electrons. The number of hydrazine groups is 1. The molecule has 2 saturated heterocycles. The summed E-state index contributed by atoms with van der Waals surface area (Å²) in [5, 5.41) is 2.04. The third-order valence-electron chi connectivity index (χ3n) is 2.42. The third-order valence-corrected chi connectivity index (χ3v) is 4.53. The molecule has 2 aliphatic heterocycles. The van der Waals surface area contributed by atoms with E-state index >= 15 is 0 Å². The number of hydrogen-bond donors (Lipinski definition) is 1. The average molecular weight is 176 g/mol. The number of sulfone groups is 1. The molecule has 2 heterocycles. The summed E-state index contributed by atoms with van der Waals surface area (Å²) in [7, 11) is -0.775. The van der Waals surface area contributed by atoms with Crippen LogP contribution in [0.2, 0.25) is 0 Å². The third kappa shape index (κ3) is 1.07. The first-order valence-corrected chi connectivity index (χ1v) is 5.50. The summed E-state index contributed by atoms with van der Waals surface area (Å²) in [6.07, 6.45) is 0. The maximum atomic E-state index is 10.9. The zero-order valence-corrected chi connectivity index (χ0v) is 7.32. The van der Waals surface area contributed by atoms with Gasteiger partial charge in [0.1, 0.15) is 0 Å². The Morgan fingerprint density at radius 2 is 1.91 bits per heavy atom. The van der Waals surface area contributed by atoms with Crippen molar-refractivity contribution < 1.29 is 8.42 Å². The largest absolute Gasteiger partial charge is 0.258 e. The minimum absolute atomic E-state index is 0.127. The van der Waals surface area contributed by atoms with E-state index < -0.39 is 9.84 Å². The summed E-state index contributed by atoms with van der Waals surface area (Å²) in [5.41, 5.74) is 3.12. The molecule has 0 radical (unpaired) electrons. The summed E-state index contributed by atoms with van der Waals surface area (Å²) in [6, 6.07) is 0. The van der Waals surface area contributed by atoms with Gasteiger partial charge in [-0.05, 0) is 7.05 Å². The van der Waals surface area contributed by atoms with Crippen LogP contribution in [0.1, 0.15) is 0 Å². The van der Waals surface area contributed by atoms with Gasteiger partial charge in [-0.2, -0.15) is 0 Å². The highest BCUT2D eigenvalue weighted by molar-refractivity contribution is 7.92. The second-order valence-corrected chi connectivity index (χ2v) is 5.68. The number of nitrogens with one attached hydrogen (secondary N) is 1. The highest BCUT2D eigenvalue weighted by atomic mass is 32.2. The quantitative estimate of drug-likeness (QED) is 0.548. The molecule has 0 bridgehead atoms. The maximum Gasteiger partial charge on any atom is 0.151 e. The lowest BCUT2D eigenvalue weighted by atomic mass is 9.84. The van der Waals surface area contributed by atoms with E-state index in [1.54, 1.807) is 0 Å². The van der Waals surface area contributed by atoms with Gasteiger partial charge in [0.15, 0.2) is 9.84 Å². The van der Waals surface area contributed by atoms with Gasteiger partial charge in [0.05, 0.1) is 11.5 Å². The minimum atomic E-state index is -2.64. The van der Waals surface area contributed by atoms with Crippen molar-refractivity contribution in [3.05, 3.63) is 0 Å². The van der Waals surface area contributed by atoms with E-state index in [1.807, 2.05) is 12.1 Å². The molecule has 0 aliphatic carbocycles. The van der Waals surface area contributed by atoms with Crippen LogP contribution in [0.25, 0.3) is 0 Å². The zero-order chi connectivity index (χ0) is 8.11. The fraction of sp³-hybridized carbons (Fsp3) is 1.00. The van der Waals surface area contributed by atoms with Crippen LogP contribution in [0.5, 0.6) is 0 Å². The standard InChI is InChI=1S/C6H12N2O2S/c1-7-8-2-6(3-8)4-11(9,10)5-6/h7H,2-5H2,1H3. The highest BCUT2D eigenvalue weighted by Crippen LogP contribution is 2.40. The molecule has 2 aliphatic rings. The molecule has 0 aromatic rings. The van der Waals surface area contributed by atoms with Gasteiger partial charge in [-0.25, -0.2) is 13.4 Å². The molecule has 5 heteroatoms. The fourth-order valence-electron chi connectivity index (χ4n) is 1.99. The van der Waals surface area contributed by atoms with Crippen molar-refractivity contribution in [3.8, 4) is 0 Å². The van der Waals surface area contributed by atoms with Crippen molar-refractivity contribution >= 4 is 9.84 Å². The first-order chi connectivity index (χ1) is 5.05. The fourth-order valence-corrected chi connectivity index (χ4v) is 4.14. The van der Waals surface area contributed by atoms with Crippen LogP contribution >= 0.6 is 0 Å². The SMILES string of the molecule is CNN1CC2(C1)CS(=O)(=O)C2. The van der Waals surface area contributed by atoms with Crippen LogP contribution in [0.4, 0.5) is 0 Å². The van der Waals surface area contributed by atoms with Gasteiger partial charge >= 0.3 is 0 Å². The molecule has 11 heavy (non-hydrogen) atoms. The van der Waals surface area contributed by atoms with E-state index in [0.717, 1.165) is 13.1 Å². The maximum absolute atomic E-state index is 10.9. The molecule has 2 rings (SSSR count). The molecule has 0 aromatic carbocycles. The highest BCUT2D eigenvalue weighted by Gasteiger charge is 2.55. The molecule has 2 fully saturated rings. The molecule has 0 aromatic heterocycles. The first-order valence-electron chi connectivity index (χ1n) is 3.68. The van der Waals surface area contributed by atoms with Gasteiger partial charge in [-0.15, -0.1) is 0 Å². The van der Waals surface area contributed by atoms with E-state index in [1.165, 1.54) is 0 Å². The number of hydrogen-bond acceptors (Lipinski definition) is 4. The van der Waals surface area contributed by atoms with Gasteiger partial charge in [0, 0.05) is 18.5 Å². The second-order valence-electron chi connectivity index (χ2n) is 3.61. The van der Waals surface area contributed by atoms with Crippen LogP contribution in [0.3, 0.4) is 0 Å². The monoisotopic (exact) mass is 176 g/mol. The van der Waals surface area contributed by atoms with E-state index in [4.69, 9.17) is 0 Å². The predicted octanol–water partition coefficient (Wildman–Crippen LogP) is -1.15. The minimum Gasteiger partial charge on any atom is -0.258 e. The Hall–Kier alpha value is -0.130. The van der Waals surface area contributed by atoms with Crippen molar-refractivity contribution in [3.63, 3.8) is 0 Å². The second kappa shape index (κ2) is 1.97. The van der Waals surface area contributed by atoms with Gasteiger partial charge in [-0.3, -0.25) is 5.43 Å². The van der Waals surface area contributed by atoms with Crippen molar-refractivity contribution in [1.82, 2.24) is 10.4 Å². The van der Waals surface area contributed by atoms with E-state index in [0.29, 0.717) is 11.5 Å². The van der Waals surface area contributed by atoms with Crippen molar-refractivity contribution in [2.24, 2.45) is 5.41 Å². The van der Waals surface area contributed by atoms with Crippen molar-refractivity contribution in [2.75, 3.05) is 31.6 Å². The van der Waals surface area contributed by atoms with E-state index in [-0.39, 0.29) is 5.41 Å². The van der Waals surface area contributed by atoms with Gasteiger partial charge in [0.25, 0.3) is 0 Å².